The van der Waals surface area contributed by atoms with Gasteiger partial charge in [-0.05, 0) is 18.2 Å². The first-order valence-electron chi connectivity index (χ1n) is 6.09. The molecule has 7 heteroatoms. The lowest BCUT2D eigenvalue weighted by Gasteiger charge is -2.04. The summed E-state index contributed by atoms with van der Waals surface area (Å²) in [5.41, 5.74) is 6.89. The molecule has 3 aromatic rings. The van der Waals surface area contributed by atoms with Crippen LogP contribution < -0.4 is 10.5 Å². The summed E-state index contributed by atoms with van der Waals surface area (Å²) in [5, 5.41) is 13.2. The second-order valence-electron chi connectivity index (χ2n) is 4.11. The molecule has 102 valence electrons. The highest BCUT2D eigenvalue weighted by atomic mass is 35.5. The Labute approximate surface area is 120 Å². The largest absolute Gasteiger partial charge is 0.475 e. The van der Waals surface area contributed by atoms with Gasteiger partial charge in [0, 0.05) is 23.2 Å². The molecule has 6 nitrogen and oxygen atoms in total. The molecule has 2 aromatic heterocycles. The van der Waals surface area contributed by atoms with E-state index in [1.54, 1.807) is 22.7 Å². The van der Waals surface area contributed by atoms with Gasteiger partial charge in [-0.2, -0.15) is 4.52 Å². The Kier molecular flexibility index (Phi) is 3.49. The van der Waals surface area contributed by atoms with Gasteiger partial charge in [-0.25, -0.2) is 0 Å². The van der Waals surface area contributed by atoms with Crippen LogP contribution in [0.5, 0.6) is 5.88 Å². The van der Waals surface area contributed by atoms with Crippen molar-refractivity contribution in [2.75, 3.05) is 13.2 Å². The van der Waals surface area contributed by atoms with Gasteiger partial charge in [-0.15, -0.1) is 15.3 Å². The predicted molar refractivity (Wildman–Crippen MR) is 75.8 cm³/mol. The van der Waals surface area contributed by atoms with Gasteiger partial charge < -0.3 is 10.5 Å². The third-order valence-electron chi connectivity index (χ3n) is 2.69. The molecule has 0 saturated carbocycles. The summed E-state index contributed by atoms with van der Waals surface area (Å²) in [5.74, 6) is 1.09. The van der Waals surface area contributed by atoms with Gasteiger partial charge in [0.25, 0.3) is 0 Å². The van der Waals surface area contributed by atoms with Gasteiger partial charge in [0.15, 0.2) is 11.5 Å². The molecule has 0 amide bonds. The number of benzene rings is 1. The Hall–Kier alpha value is -2.18. The smallest absolute Gasteiger partial charge is 0.231 e. The van der Waals surface area contributed by atoms with Crippen LogP contribution in [0.15, 0.2) is 36.4 Å². The lowest BCUT2D eigenvalue weighted by Crippen LogP contribution is -2.12. The quantitative estimate of drug-likeness (QED) is 0.792. The summed E-state index contributed by atoms with van der Waals surface area (Å²) in [6, 6.07) is 10.9. The summed E-state index contributed by atoms with van der Waals surface area (Å²) < 4.78 is 7.03. The molecule has 20 heavy (non-hydrogen) atoms. The standard InChI is InChI=1S/C13H12ClN5O/c14-10-3-1-2-9(8-10)13-17-16-11-4-5-12(18-19(11)13)20-7-6-15/h1-5,8H,6-7,15H2. The number of hydrogen-bond acceptors (Lipinski definition) is 5. The minimum Gasteiger partial charge on any atom is -0.475 e. The van der Waals surface area contributed by atoms with E-state index in [1.807, 2.05) is 18.2 Å². The van der Waals surface area contributed by atoms with E-state index in [0.717, 1.165) is 5.56 Å². The number of nitrogens with two attached hydrogens (primary N) is 1. The predicted octanol–water partition coefficient (Wildman–Crippen LogP) is 1.78. The normalized spacial score (nSPS) is 10.9. The molecular weight excluding hydrogens is 278 g/mol. The first-order valence-corrected chi connectivity index (χ1v) is 6.47. The summed E-state index contributed by atoms with van der Waals surface area (Å²) >= 11 is 6.00. The number of rotatable bonds is 4. The van der Waals surface area contributed by atoms with Crippen molar-refractivity contribution < 1.29 is 4.74 Å². The van der Waals surface area contributed by atoms with E-state index in [0.29, 0.717) is 35.5 Å². The highest BCUT2D eigenvalue weighted by Crippen LogP contribution is 2.21. The highest BCUT2D eigenvalue weighted by Gasteiger charge is 2.10. The Morgan fingerprint density at radius 1 is 1.20 bits per heavy atom. The van der Waals surface area contributed by atoms with Gasteiger partial charge >= 0.3 is 0 Å². The van der Waals surface area contributed by atoms with Crippen LogP contribution >= 0.6 is 11.6 Å². The average Bonchev–Trinajstić information content (AvgIpc) is 2.88. The van der Waals surface area contributed by atoms with Crippen molar-refractivity contribution >= 4 is 17.2 Å². The average molecular weight is 290 g/mol. The zero-order valence-corrected chi connectivity index (χ0v) is 11.3. The van der Waals surface area contributed by atoms with Crippen LogP contribution in [0.25, 0.3) is 17.0 Å². The molecule has 2 heterocycles. The van der Waals surface area contributed by atoms with Crippen LogP contribution in [-0.2, 0) is 0 Å². The van der Waals surface area contributed by atoms with E-state index in [-0.39, 0.29) is 0 Å². The zero-order chi connectivity index (χ0) is 13.9. The minimum atomic E-state index is 0.410. The fourth-order valence-corrected chi connectivity index (χ4v) is 2.01. The van der Waals surface area contributed by atoms with Crippen LogP contribution in [-0.4, -0.2) is 33.0 Å². The number of halogens is 1. The Balaban J connectivity index is 2.07. The van der Waals surface area contributed by atoms with E-state index in [1.165, 1.54) is 0 Å². The maximum absolute atomic E-state index is 6.00. The molecule has 1 aromatic carbocycles. The molecule has 0 aliphatic carbocycles. The molecule has 0 aliphatic heterocycles. The van der Waals surface area contributed by atoms with Crippen molar-refractivity contribution in [3.05, 3.63) is 41.4 Å². The summed E-state index contributed by atoms with van der Waals surface area (Å²) in [6.07, 6.45) is 0. The molecule has 0 saturated heterocycles. The molecule has 0 bridgehead atoms. The van der Waals surface area contributed by atoms with Gasteiger partial charge in [0.05, 0.1) is 0 Å². The van der Waals surface area contributed by atoms with Crippen molar-refractivity contribution in [1.82, 2.24) is 19.8 Å². The topological polar surface area (TPSA) is 78.3 Å². The van der Waals surface area contributed by atoms with E-state index in [9.17, 15) is 0 Å². The summed E-state index contributed by atoms with van der Waals surface area (Å²) in [7, 11) is 0. The fraction of sp³-hybridized carbons (Fsp3) is 0.154. The number of nitrogens with zero attached hydrogens (tertiary/aromatic N) is 4. The van der Waals surface area contributed by atoms with Crippen molar-refractivity contribution in [1.29, 1.82) is 0 Å². The fourth-order valence-electron chi connectivity index (χ4n) is 1.82. The molecule has 0 fully saturated rings. The maximum Gasteiger partial charge on any atom is 0.231 e. The minimum absolute atomic E-state index is 0.410. The van der Waals surface area contributed by atoms with E-state index < -0.39 is 0 Å². The van der Waals surface area contributed by atoms with Crippen LogP contribution in [0, 0.1) is 0 Å². The van der Waals surface area contributed by atoms with E-state index >= 15 is 0 Å². The zero-order valence-electron chi connectivity index (χ0n) is 10.5. The van der Waals surface area contributed by atoms with Gasteiger partial charge in [0.1, 0.15) is 6.61 Å². The molecule has 0 unspecified atom stereocenters. The summed E-state index contributed by atoms with van der Waals surface area (Å²) in [4.78, 5) is 0. The van der Waals surface area contributed by atoms with Crippen molar-refractivity contribution in [3.8, 4) is 17.3 Å². The molecule has 2 N–H and O–H groups in total. The monoisotopic (exact) mass is 289 g/mol. The number of aromatic nitrogens is 4. The molecule has 3 rings (SSSR count). The Morgan fingerprint density at radius 2 is 2.10 bits per heavy atom. The van der Waals surface area contributed by atoms with Crippen LogP contribution in [0.2, 0.25) is 5.02 Å². The van der Waals surface area contributed by atoms with E-state index in [2.05, 4.69) is 15.3 Å². The van der Waals surface area contributed by atoms with E-state index in [4.69, 9.17) is 22.1 Å². The second-order valence-corrected chi connectivity index (χ2v) is 4.55. The van der Waals surface area contributed by atoms with Crippen molar-refractivity contribution in [2.45, 2.75) is 0 Å². The third kappa shape index (κ3) is 2.43. The lowest BCUT2D eigenvalue weighted by atomic mass is 10.2. The SMILES string of the molecule is NCCOc1ccc2nnc(-c3cccc(Cl)c3)n2n1. The molecule has 0 atom stereocenters. The maximum atomic E-state index is 6.00. The van der Waals surface area contributed by atoms with Gasteiger partial charge in [-0.3, -0.25) is 0 Å². The Morgan fingerprint density at radius 3 is 2.90 bits per heavy atom. The molecule has 0 radical (unpaired) electrons. The number of ether oxygens (including phenoxy) is 1. The van der Waals surface area contributed by atoms with Crippen LogP contribution in [0.3, 0.4) is 0 Å². The van der Waals surface area contributed by atoms with Gasteiger partial charge in [-0.1, -0.05) is 23.7 Å². The number of fused-ring (bicyclic) bond motifs is 1. The first-order chi connectivity index (χ1) is 9.78. The highest BCUT2D eigenvalue weighted by molar-refractivity contribution is 6.30. The molecule has 0 aliphatic rings. The lowest BCUT2D eigenvalue weighted by molar-refractivity contribution is 0.310. The first kappa shape index (κ1) is 12.8. The van der Waals surface area contributed by atoms with Crippen molar-refractivity contribution in [3.63, 3.8) is 0 Å². The Bertz CT molecular complexity index is 742. The van der Waals surface area contributed by atoms with Gasteiger partial charge in [0.2, 0.25) is 5.88 Å². The van der Waals surface area contributed by atoms with Crippen LogP contribution in [0.4, 0.5) is 0 Å². The molecular formula is C13H12ClN5O. The summed E-state index contributed by atoms with van der Waals surface area (Å²) in [6.45, 7) is 0.843. The number of hydrogen-bond donors (Lipinski definition) is 1. The van der Waals surface area contributed by atoms with Crippen LogP contribution in [0.1, 0.15) is 0 Å². The second kappa shape index (κ2) is 5.44. The van der Waals surface area contributed by atoms with Crippen molar-refractivity contribution in [2.24, 2.45) is 5.73 Å². The molecule has 0 spiro atoms. The third-order valence-corrected chi connectivity index (χ3v) is 2.92.